The summed E-state index contributed by atoms with van der Waals surface area (Å²) in [6.45, 7) is 1.03. The molecule has 6 heteroatoms. The zero-order valence-electron chi connectivity index (χ0n) is 11.6. The first-order chi connectivity index (χ1) is 9.95. The minimum absolute atomic E-state index is 0.00650. The Balaban J connectivity index is 2.05. The SMILES string of the molecule is Cc1cc(NC(C)c2ccc(OC(F)F)cc2)cnc1Cl. The van der Waals surface area contributed by atoms with Gasteiger partial charge in [0.05, 0.1) is 11.9 Å². The third-order valence-electron chi connectivity index (χ3n) is 3.00. The molecule has 0 fully saturated rings. The number of nitrogens with zero attached hydrogens (tertiary/aromatic N) is 1. The first-order valence-corrected chi connectivity index (χ1v) is 6.77. The summed E-state index contributed by atoms with van der Waals surface area (Å²) in [5.41, 5.74) is 2.68. The van der Waals surface area contributed by atoms with Gasteiger partial charge in [0.25, 0.3) is 0 Å². The molecular weight excluding hydrogens is 298 g/mol. The largest absolute Gasteiger partial charge is 0.435 e. The molecule has 21 heavy (non-hydrogen) atoms. The molecule has 1 heterocycles. The zero-order valence-corrected chi connectivity index (χ0v) is 12.4. The molecule has 1 atom stereocenters. The number of alkyl halides is 2. The Hall–Kier alpha value is -1.88. The summed E-state index contributed by atoms with van der Waals surface area (Å²) in [5, 5.41) is 3.75. The molecule has 0 saturated heterocycles. The number of nitrogens with one attached hydrogen (secondary N) is 1. The van der Waals surface area contributed by atoms with Crippen molar-refractivity contribution < 1.29 is 13.5 Å². The lowest BCUT2D eigenvalue weighted by Gasteiger charge is -2.16. The Morgan fingerprint density at radius 1 is 1.24 bits per heavy atom. The lowest BCUT2D eigenvalue weighted by Crippen LogP contribution is -2.07. The van der Waals surface area contributed by atoms with E-state index in [4.69, 9.17) is 11.6 Å². The summed E-state index contributed by atoms with van der Waals surface area (Å²) < 4.78 is 28.5. The van der Waals surface area contributed by atoms with E-state index in [-0.39, 0.29) is 11.8 Å². The van der Waals surface area contributed by atoms with Gasteiger partial charge in [-0.25, -0.2) is 4.98 Å². The van der Waals surface area contributed by atoms with Gasteiger partial charge in [-0.15, -0.1) is 0 Å². The highest BCUT2D eigenvalue weighted by molar-refractivity contribution is 6.30. The van der Waals surface area contributed by atoms with Crippen molar-refractivity contribution in [1.29, 1.82) is 0 Å². The second-order valence-corrected chi connectivity index (χ2v) is 5.00. The van der Waals surface area contributed by atoms with Crippen LogP contribution in [0, 0.1) is 6.92 Å². The molecule has 0 saturated carbocycles. The summed E-state index contributed by atoms with van der Waals surface area (Å²) in [7, 11) is 0. The third-order valence-corrected chi connectivity index (χ3v) is 3.40. The van der Waals surface area contributed by atoms with Gasteiger partial charge >= 0.3 is 6.61 Å². The van der Waals surface area contributed by atoms with Crippen LogP contribution in [0.15, 0.2) is 36.5 Å². The maximum atomic E-state index is 12.1. The van der Waals surface area contributed by atoms with Crippen LogP contribution in [-0.2, 0) is 0 Å². The number of hydrogen-bond acceptors (Lipinski definition) is 3. The van der Waals surface area contributed by atoms with E-state index in [9.17, 15) is 8.78 Å². The van der Waals surface area contributed by atoms with E-state index in [0.29, 0.717) is 5.15 Å². The van der Waals surface area contributed by atoms with Crippen LogP contribution in [0.25, 0.3) is 0 Å². The summed E-state index contributed by atoms with van der Waals surface area (Å²) in [6, 6.07) is 8.42. The van der Waals surface area contributed by atoms with Crippen LogP contribution in [0.1, 0.15) is 24.1 Å². The van der Waals surface area contributed by atoms with Crippen LogP contribution in [0.3, 0.4) is 0 Å². The number of rotatable bonds is 5. The highest BCUT2D eigenvalue weighted by Crippen LogP contribution is 2.23. The lowest BCUT2D eigenvalue weighted by molar-refractivity contribution is -0.0498. The summed E-state index contributed by atoms with van der Waals surface area (Å²) >= 11 is 5.88. The van der Waals surface area contributed by atoms with E-state index in [0.717, 1.165) is 16.8 Å². The number of benzene rings is 1. The van der Waals surface area contributed by atoms with Crippen molar-refractivity contribution in [2.45, 2.75) is 26.5 Å². The van der Waals surface area contributed by atoms with Crippen molar-refractivity contribution in [2.75, 3.05) is 5.32 Å². The Morgan fingerprint density at radius 2 is 1.90 bits per heavy atom. The van der Waals surface area contributed by atoms with Gasteiger partial charge in [0.15, 0.2) is 0 Å². The number of pyridine rings is 1. The van der Waals surface area contributed by atoms with Gasteiger partial charge in [0, 0.05) is 6.04 Å². The van der Waals surface area contributed by atoms with Crippen molar-refractivity contribution >= 4 is 17.3 Å². The van der Waals surface area contributed by atoms with Crippen LogP contribution in [-0.4, -0.2) is 11.6 Å². The van der Waals surface area contributed by atoms with Crippen LogP contribution < -0.4 is 10.1 Å². The molecule has 112 valence electrons. The molecule has 3 nitrogen and oxygen atoms in total. The molecule has 0 aliphatic carbocycles. The Labute approximate surface area is 126 Å². The fraction of sp³-hybridized carbons (Fsp3) is 0.267. The van der Waals surface area contributed by atoms with Crippen molar-refractivity contribution in [3.63, 3.8) is 0 Å². The quantitative estimate of drug-likeness (QED) is 0.804. The van der Waals surface area contributed by atoms with Crippen LogP contribution in [0.2, 0.25) is 5.15 Å². The van der Waals surface area contributed by atoms with Gasteiger partial charge < -0.3 is 10.1 Å². The molecule has 2 rings (SSSR count). The highest BCUT2D eigenvalue weighted by atomic mass is 35.5. The van der Waals surface area contributed by atoms with Gasteiger partial charge in [-0.1, -0.05) is 23.7 Å². The highest BCUT2D eigenvalue weighted by Gasteiger charge is 2.08. The number of halogens is 3. The zero-order chi connectivity index (χ0) is 15.4. The average molecular weight is 313 g/mol. The van der Waals surface area contributed by atoms with Crippen molar-refractivity contribution in [3.05, 3.63) is 52.8 Å². The molecule has 1 aromatic heterocycles. The fourth-order valence-corrected chi connectivity index (χ4v) is 2.01. The standard InChI is InChI=1S/C15H15ClF2N2O/c1-9-7-12(8-19-14(9)16)20-10(2)11-3-5-13(6-4-11)21-15(17)18/h3-8,10,15,20H,1-2H3. The monoisotopic (exact) mass is 312 g/mol. The molecule has 1 N–H and O–H groups in total. The normalized spacial score (nSPS) is 12.3. The van der Waals surface area contributed by atoms with Crippen molar-refractivity contribution in [3.8, 4) is 5.75 Å². The van der Waals surface area contributed by atoms with Crippen molar-refractivity contribution in [2.24, 2.45) is 0 Å². The van der Waals surface area contributed by atoms with Gasteiger partial charge in [0.1, 0.15) is 10.9 Å². The fourth-order valence-electron chi connectivity index (χ4n) is 1.91. The van der Waals surface area contributed by atoms with Gasteiger partial charge in [-0.3, -0.25) is 0 Å². The number of aryl methyl sites for hydroxylation is 1. The predicted molar refractivity (Wildman–Crippen MR) is 79.1 cm³/mol. The number of aromatic nitrogens is 1. The van der Waals surface area contributed by atoms with E-state index in [1.807, 2.05) is 19.9 Å². The Bertz CT molecular complexity index is 605. The topological polar surface area (TPSA) is 34.1 Å². The predicted octanol–water partition coefficient (Wildman–Crippen LogP) is 4.82. The van der Waals surface area contributed by atoms with Crippen molar-refractivity contribution in [1.82, 2.24) is 4.98 Å². The molecular formula is C15H15ClF2N2O. The van der Waals surface area contributed by atoms with Gasteiger partial charge in [-0.2, -0.15) is 8.78 Å². The first-order valence-electron chi connectivity index (χ1n) is 6.39. The Morgan fingerprint density at radius 3 is 2.48 bits per heavy atom. The molecule has 0 aliphatic rings. The average Bonchev–Trinajstić information content (AvgIpc) is 2.43. The third kappa shape index (κ3) is 4.29. The molecule has 0 bridgehead atoms. The molecule has 0 spiro atoms. The van der Waals surface area contributed by atoms with E-state index >= 15 is 0 Å². The van der Waals surface area contributed by atoms with Crippen LogP contribution >= 0.6 is 11.6 Å². The Kier molecular flexibility index (Phi) is 4.96. The maximum Gasteiger partial charge on any atom is 0.387 e. The number of ether oxygens (including phenoxy) is 1. The maximum absolute atomic E-state index is 12.1. The summed E-state index contributed by atoms with van der Waals surface area (Å²) in [4.78, 5) is 4.07. The van der Waals surface area contributed by atoms with Crippen LogP contribution in [0.4, 0.5) is 14.5 Å². The van der Waals surface area contributed by atoms with E-state index in [1.165, 1.54) is 12.1 Å². The minimum Gasteiger partial charge on any atom is -0.435 e. The van der Waals surface area contributed by atoms with Gasteiger partial charge in [-0.05, 0) is 43.2 Å². The summed E-state index contributed by atoms with van der Waals surface area (Å²) in [5.74, 6) is 0.143. The summed E-state index contributed by atoms with van der Waals surface area (Å²) in [6.07, 6.45) is 1.65. The number of anilines is 1. The lowest BCUT2D eigenvalue weighted by atomic mass is 10.1. The molecule has 0 radical (unpaired) electrons. The molecule has 1 aromatic carbocycles. The van der Waals surface area contributed by atoms with E-state index < -0.39 is 6.61 Å². The second kappa shape index (κ2) is 6.72. The van der Waals surface area contributed by atoms with Gasteiger partial charge in [0.2, 0.25) is 0 Å². The first kappa shape index (κ1) is 15.5. The molecule has 0 amide bonds. The molecule has 2 aromatic rings. The second-order valence-electron chi connectivity index (χ2n) is 4.65. The molecule has 0 aliphatic heterocycles. The van der Waals surface area contributed by atoms with E-state index in [2.05, 4.69) is 15.0 Å². The van der Waals surface area contributed by atoms with E-state index in [1.54, 1.807) is 18.3 Å². The number of hydrogen-bond donors (Lipinski definition) is 1. The molecule has 1 unspecified atom stereocenters. The smallest absolute Gasteiger partial charge is 0.387 e. The van der Waals surface area contributed by atoms with Crippen LogP contribution in [0.5, 0.6) is 5.75 Å². The minimum atomic E-state index is -2.81.